The number of nitrogens with one attached hydrogen (secondary N) is 3. The number of imide groups is 1. The molecule has 2 rings (SSSR count). The van der Waals surface area contributed by atoms with Crippen LogP contribution in [0.5, 0.6) is 0 Å². The maximum atomic E-state index is 12.7. The first-order valence-corrected chi connectivity index (χ1v) is 8.12. The summed E-state index contributed by atoms with van der Waals surface area (Å²) in [6.07, 6.45) is -1.44. The minimum atomic E-state index is -1.44. The molecule has 0 saturated heterocycles. The van der Waals surface area contributed by atoms with Crippen LogP contribution in [-0.2, 0) is 9.53 Å². The van der Waals surface area contributed by atoms with Gasteiger partial charge in [0.25, 0.3) is 11.6 Å². The molecule has 3 amide bonds. The molecule has 0 aliphatic rings. The van der Waals surface area contributed by atoms with Gasteiger partial charge in [-0.25, -0.2) is 9.59 Å². The van der Waals surface area contributed by atoms with Gasteiger partial charge in [0.15, 0.2) is 0 Å². The number of carbonyl (C=O) groups excluding carboxylic acids is 3. The molecular weight excluding hydrogens is 368 g/mol. The first-order chi connectivity index (χ1) is 13.4. The summed E-state index contributed by atoms with van der Waals surface area (Å²) in [4.78, 5) is 46.9. The van der Waals surface area contributed by atoms with E-state index in [0.29, 0.717) is 5.56 Å². The molecule has 0 fully saturated rings. The molecule has 0 radical (unpaired) electrons. The van der Waals surface area contributed by atoms with Crippen molar-refractivity contribution in [3.63, 3.8) is 0 Å². The third-order valence-electron chi connectivity index (χ3n) is 3.73. The summed E-state index contributed by atoms with van der Waals surface area (Å²) in [6, 6.07) is 10.9. The van der Waals surface area contributed by atoms with Crippen LogP contribution in [0.2, 0.25) is 0 Å². The number of carbonyl (C=O) groups is 3. The average molecular weight is 386 g/mol. The van der Waals surface area contributed by atoms with Crippen LogP contribution in [0.4, 0.5) is 16.2 Å². The summed E-state index contributed by atoms with van der Waals surface area (Å²) in [5, 5.41) is 18.0. The van der Waals surface area contributed by atoms with Crippen molar-refractivity contribution in [2.24, 2.45) is 0 Å². The van der Waals surface area contributed by atoms with E-state index in [0.717, 1.165) is 6.07 Å². The molecule has 2 aromatic carbocycles. The van der Waals surface area contributed by atoms with E-state index in [-0.39, 0.29) is 16.9 Å². The van der Waals surface area contributed by atoms with Crippen molar-refractivity contribution in [3.05, 3.63) is 69.8 Å². The molecule has 1 atom stereocenters. The Labute approximate surface area is 160 Å². The second kappa shape index (κ2) is 9.12. The zero-order chi connectivity index (χ0) is 20.7. The number of non-ortho nitro benzene ring substituents is 1. The second-order valence-electron chi connectivity index (χ2n) is 5.50. The third kappa shape index (κ3) is 4.81. The molecule has 0 bridgehead atoms. The highest BCUT2D eigenvalue weighted by Crippen LogP contribution is 2.26. The van der Waals surface area contributed by atoms with Gasteiger partial charge >= 0.3 is 12.0 Å². The maximum Gasteiger partial charge on any atom is 0.341 e. The molecule has 3 N–H and O–H groups in total. The zero-order valence-electron chi connectivity index (χ0n) is 15.1. The SMILES string of the molecule is CNC(=O)NC(=O)C(OC(=O)c1cc([N+](=O)[O-])ccc1NC)c1ccccc1. The van der Waals surface area contributed by atoms with E-state index >= 15 is 0 Å². The molecule has 0 aromatic heterocycles. The Bertz CT molecular complexity index is 900. The highest BCUT2D eigenvalue weighted by atomic mass is 16.6. The molecule has 146 valence electrons. The number of rotatable bonds is 6. The van der Waals surface area contributed by atoms with Gasteiger partial charge in [0.2, 0.25) is 6.10 Å². The normalized spacial score (nSPS) is 11.1. The van der Waals surface area contributed by atoms with E-state index < -0.39 is 28.9 Å². The van der Waals surface area contributed by atoms with Crippen LogP contribution >= 0.6 is 0 Å². The Morgan fingerprint density at radius 1 is 1.07 bits per heavy atom. The van der Waals surface area contributed by atoms with E-state index in [1.807, 2.05) is 0 Å². The predicted molar refractivity (Wildman–Crippen MR) is 99.8 cm³/mol. The summed E-state index contributed by atoms with van der Waals surface area (Å²) in [5.74, 6) is -1.83. The topological polar surface area (TPSA) is 140 Å². The van der Waals surface area contributed by atoms with Crippen LogP contribution in [0.15, 0.2) is 48.5 Å². The van der Waals surface area contributed by atoms with Crippen LogP contribution in [0.1, 0.15) is 22.0 Å². The zero-order valence-corrected chi connectivity index (χ0v) is 15.1. The van der Waals surface area contributed by atoms with Gasteiger partial charge in [-0.15, -0.1) is 0 Å². The fraction of sp³-hybridized carbons (Fsp3) is 0.167. The smallest absolute Gasteiger partial charge is 0.341 e. The molecule has 1 unspecified atom stereocenters. The summed E-state index contributed by atoms with van der Waals surface area (Å²) >= 11 is 0. The second-order valence-corrected chi connectivity index (χ2v) is 5.50. The fourth-order valence-corrected chi connectivity index (χ4v) is 2.34. The lowest BCUT2D eigenvalue weighted by Crippen LogP contribution is -2.41. The van der Waals surface area contributed by atoms with Gasteiger partial charge in [-0.2, -0.15) is 0 Å². The Kier molecular flexibility index (Phi) is 6.63. The minimum absolute atomic E-state index is 0.120. The van der Waals surface area contributed by atoms with Crippen LogP contribution in [0.3, 0.4) is 0 Å². The summed E-state index contributed by atoms with van der Waals surface area (Å²) in [7, 11) is 2.86. The monoisotopic (exact) mass is 386 g/mol. The van der Waals surface area contributed by atoms with Crippen molar-refractivity contribution in [1.82, 2.24) is 10.6 Å². The number of ether oxygens (including phenoxy) is 1. The number of esters is 1. The summed E-state index contributed by atoms with van der Waals surface area (Å²) in [6.45, 7) is 0. The molecule has 0 saturated carbocycles. The Hall–Kier alpha value is -3.95. The van der Waals surface area contributed by atoms with Gasteiger partial charge in [-0.1, -0.05) is 30.3 Å². The molecule has 2 aromatic rings. The van der Waals surface area contributed by atoms with Crippen molar-refractivity contribution in [3.8, 4) is 0 Å². The highest BCUT2D eigenvalue weighted by molar-refractivity contribution is 6.01. The molecule has 0 aliphatic carbocycles. The quantitative estimate of drug-likeness (QED) is 0.392. The van der Waals surface area contributed by atoms with Crippen LogP contribution in [-0.4, -0.2) is 36.9 Å². The maximum absolute atomic E-state index is 12.7. The lowest BCUT2D eigenvalue weighted by atomic mass is 10.1. The molecule has 0 spiro atoms. The Balaban J connectivity index is 2.37. The molecule has 0 aliphatic heterocycles. The number of nitrogens with zero attached hydrogens (tertiary/aromatic N) is 1. The number of nitro benzene ring substituents is 1. The molecule has 10 heteroatoms. The van der Waals surface area contributed by atoms with Crippen LogP contribution in [0.25, 0.3) is 0 Å². The first kappa shape index (κ1) is 20.4. The Morgan fingerprint density at radius 3 is 2.32 bits per heavy atom. The van der Waals surface area contributed by atoms with Gasteiger partial charge in [-0.3, -0.25) is 20.2 Å². The number of hydrogen-bond donors (Lipinski definition) is 3. The number of urea groups is 1. The summed E-state index contributed by atoms with van der Waals surface area (Å²) in [5.41, 5.74) is 0.185. The van der Waals surface area contributed by atoms with Gasteiger partial charge < -0.3 is 15.4 Å². The lowest BCUT2D eigenvalue weighted by Gasteiger charge is -2.18. The third-order valence-corrected chi connectivity index (χ3v) is 3.73. The number of hydrogen-bond acceptors (Lipinski definition) is 7. The largest absolute Gasteiger partial charge is 0.444 e. The predicted octanol–water partition coefficient (Wildman–Crippen LogP) is 1.99. The van der Waals surface area contributed by atoms with Gasteiger partial charge in [0.1, 0.15) is 0 Å². The molecule has 28 heavy (non-hydrogen) atoms. The Morgan fingerprint density at radius 2 is 1.75 bits per heavy atom. The molecular formula is C18H18N4O6. The standard InChI is InChI=1S/C18H18N4O6/c1-19-14-9-8-12(22(26)27)10-13(14)17(24)28-15(11-6-4-3-5-7-11)16(23)21-18(25)20-2/h3-10,15,19H,1-2H3,(H2,20,21,23,25). The van der Waals surface area contributed by atoms with Crippen molar-refractivity contribution >= 4 is 29.3 Å². The van der Waals surface area contributed by atoms with Crippen molar-refractivity contribution in [2.45, 2.75) is 6.10 Å². The van der Waals surface area contributed by atoms with E-state index in [9.17, 15) is 24.5 Å². The van der Waals surface area contributed by atoms with E-state index in [1.165, 1.54) is 26.2 Å². The van der Waals surface area contributed by atoms with Crippen molar-refractivity contribution in [2.75, 3.05) is 19.4 Å². The molecule has 10 nitrogen and oxygen atoms in total. The summed E-state index contributed by atoms with van der Waals surface area (Å²) < 4.78 is 5.31. The average Bonchev–Trinajstić information content (AvgIpc) is 2.71. The van der Waals surface area contributed by atoms with E-state index in [2.05, 4.69) is 16.0 Å². The van der Waals surface area contributed by atoms with Crippen molar-refractivity contribution in [1.29, 1.82) is 0 Å². The number of benzene rings is 2. The first-order valence-electron chi connectivity index (χ1n) is 8.12. The van der Waals surface area contributed by atoms with Crippen LogP contribution < -0.4 is 16.0 Å². The van der Waals surface area contributed by atoms with E-state index in [4.69, 9.17) is 4.74 Å². The van der Waals surface area contributed by atoms with E-state index in [1.54, 1.807) is 30.3 Å². The lowest BCUT2D eigenvalue weighted by molar-refractivity contribution is -0.384. The number of amides is 3. The minimum Gasteiger partial charge on any atom is -0.444 e. The number of anilines is 1. The van der Waals surface area contributed by atoms with Crippen molar-refractivity contribution < 1.29 is 24.0 Å². The highest BCUT2D eigenvalue weighted by Gasteiger charge is 2.28. The van der Waals surface area contributed by atoms with Gasteiger partial charge in [0.05, 0.1) is 10.5 Å². The van der Waals surface area contributed by atoms with Gasteiger partial charge in [-0.05, 0) is 6.07 Å². The van der Waals surface area contributed by atoms with Crippen LogP contribution in [0, 0.1) is 10.1 Å². The van der Waals surface area contributed by atoms with Gasteiger partial charge in [0, 0.05) is 37.5 Å². The molecule has 0 heterocycles. The fourth-order valence-electron chi connectivity index (χ4n) is 2.34. The number of nitro groups is 1.